The van der Waals surface area contributed by atoms with Crippen LogP contribution in [0.1, 0.15) is 11.6 Å². The maximum absolute atomic E-state index is 5.65. The van der Waals surface area contributed by atoms with Crippen molar-refractivity contribution in [3.8, 4) is 11.4 Å². The summed E-state index contributed by atoms with van der Waals surface area (Å²) in [5.74, 6) is 2.53. The summed E-state index contributed by atoms with van der Waals surface area (Å²) >= 11 is 0. The molecule has 0 bridgehead atoms. The molecular weight excluding hydrogens is 242 g/mol. The van der Waals surface area contributed by atoms with Gasteiger partial charge in [-0.2, -0.15) is 5.10 Å². The highest BCUT2D eigenvalue weighted by molar-refractivity contribution is 5.49. The van der Waals surface area contributed by atoms with Gasteiger partial charge < -0.3 is 4.74 Å². The fraction of sp³-hybridized carbons (Fsp3) is 0.154. The van der Waals surface area contributed by atoms with Crippen molar-refractivity contribution in [2.24, 2.45) is 0 Å². The van der Waals surface area contributed by atoms with Gasteiger partial charge in [0, 0.05) is 12.4 Å². The molecule has 0 atom stereocenters. The summed E-state index contributed by atoms with van der Waals surface area (Å²) in [4.78, 5) is 0. The second-order valence-electron chi connectivity index (χ2n) is 4.33. The smallest absolute Gasteiger partial charge is 0.175 e. The van der Waals surface area contributed by atoms with Crippen molar-refractivity contribution in [3.63, 3.8) is 0 Å². The normalized spacial score (nSPS) is 12.6. The van der Waals surface area contributed by atoms with E-state index >= 15 is 0 Å². The lowest BCUT2D eigenvalue weighted by atomic mass is 10.2. The van der Waals surface area contributed by atoms with Gasteiger partial charge in [0.1, 0.15) is 18.9 Å². The fourth-order valence-corrected chi connectivity index (χ4v) is 2.27. The third-order valence-corrected chi connectivity index (χ3v) is 3.12. The van der Waals surface area contributed by atoms with Crippen LogP contribution in [-0.4, -0.2) is 24.5 Å². The highest BCUT2D eigenvalue weighted by Gasteiger charge is 2.21. The molecule has 3 heterocycles. The molecule has 0 unspecified atom stereocenters. The number of para-hydroxylation sites is 2. The van der Waals surface area contributed by atoms with E-state index in [4.69, 9.17) is 4.74 Å². The number of aromatic nitrogens is 5. The maximum atomic E-state index is 5.65. The number of fused-ring (bicyclic) bond motifs is 3. The highest BCUT2D eigenvalue weighted by Crippen LogP contribution is 2.29. The monoisotopic (exact) mass is 253 g/mol. The molecule has 6 nitrogen and oxygen atoms in total. The lowest BCUT2D eigenvalue weighted by molar-refractivity contribution is 0.278. The molecule has 0 amide bonds. The van der Waals surface area contributed by atoms with E-state index in [2.05, 4.69) is 15.3 Å². The molecule has 94 valence electrons. The second-order valence-corrected chi connectivity index (χ2v) is 4.33. The van der Waals surface area contributed by atoms with Gasteiger partial charge in [-0.05, 0) is 18.2 Å². The Morgan fingerprint density at radius 3 is 3.00 bits per heavy atom. The summed E-state index contributed by atoms with van der Waals surface area (Å²) in [6.07, 6.45) is 3.66. The largest absolute Gasteiger partial charge is 0.483 e. The summed E-state index contributed by atoms with van der Waals surface area (Å²) in [6, 6.07) is 9.80. The molecule has 0 fully saturated rings. The van der Waals surface area contributed by atoms with Crippen LogP contribution in [0.5, 0.6) is 5.75 Å². The molecule has 3 aromatic rings. The highest BCUT2D eigenvalue weighted by atomic mass is 16.5. The minimum Gasteiger partial charge on any atom is -0.483 e. The number of rotatable bonds is 2. The van der Waals surface area contributed by atoms with E-state index in [1.54, 1.807) is 6.20 Å². The molecule has 1 aromatic carbocycles. The average Bonchev–Trinajstić information content (AvgIpc) is 3.09. The number of nitrogens with zero attached hydrogens (tertiary/aromatic N) is 5. The van der Waals surface area contributed by atoms with Crippen molar-refractivity contribution >= 4 is 0 Å². The van der Waals surface area contributed by atoms with Gasteiger partial charge in [-0.25, -0.2) is 0 Å². The summed E-state index contributed by atoms with van der Waals surface area (Å²) in [5, 5.41) is 12.6. The Labute approximate surface area is 109 Å². The molecule has 4 rings (SSSR count). The van der Waals surface area contributed by atoms with Crippen LogP contribution in [0.25, 0.3) is 5.69 Å². The molecule has 0 saturated heterocycles. The first-order valence-corrected chi connectivity index (χ1v) is 6.04. The Kier molecular flexibility index (Phi) is 2.14. The van der Waals surface area contributed by atoms with E-state index in [-0.39, 0.29) is 0 Å². The van der Waals surface area contributed by atoms with E-state index in [9.17, 15) is 0 Å². The van der Waals surface area contributed by atoms with Crippen LogP contribution in [0, 0.1) is 0 Å². The van der Waals surface area contributed by atoms with E-state index in [0.717, 1.165) is 23.1 Å². The first-order valence-electron chi connectivity index (χ1n) is 6.04. The molecular formula is C13H11N5O. The standard InChI is InChI=1S/C13H11N5O/c1-2-5-11-10(4-1)18-12(8-17-7-3-6-14-17)15-16-13(18)9-19-11/h1-7H,8-9H2. The Bertz CT molecular complexity index is 716. The van der Waals surface area contributed by atoms with Crippen LogP contribution in [0.3, 0.4) is 0 Å². The molecule has 19 heavy (non-hydrogen) atoms. The van der Waals surface area contributed by atoms with Gasteiger partial charge in [0.05, 0.1) is 5.69 Å². The minimum atomic E-state index is 0.448. The van der Waals surface area contributed by atoms with Crippen LogP contribution >= 0.6 is 0 Å². The Balaban J connectivity index is 1.83. The van der Waals surface area contributed by atoms with Gasteiger partial charge in [-0.1, -0.05) is 12.1 Å². The van der Waals surface area contributed by atoms with Crippen molar-refractivity contribution in [3.05, 3.63) is 54.4 Å². The van der Waals surface area contributed by atoms with E-state index in [1.807, 2.05) is 45.8 Å². The Hall–Kier alpha value is -2.63. The zero-order chi connectivity index (χ0) is 12.7. The van der Waals surface area contributed by atoms with Gasteiger partial charge in [-0.3, -0.25) is 9.25 Å². The number of ether oxygens (including phenoxy) is 1. The Morgan fingerprint density at radius 2 is 2.11 bits per heavy atom. The van der Waals surface area contributed by atoms with Crippen molar-refractivity contribution in [2.75, 3.05) is 0 Å². The number of hydrogen-bond acceptors (Lipinski definition) is 4. The predicted molar refractivity (Wildman–Crippen MR) is 67.0 cm³/mol. The number of benzene rings is 1. The minimum absolute atomic E-state index is 0.448. The maximum Gasteiger partial charge on any atom is 0.175 e. The SMILES string of the molecule is c1ccc2c(c1)OCc1nnc(Cn3cccn3)n1-2. The molecule has 0 N–H and O–H groups in total. The zero-order valence-corrected chi connectivity index (χ0v) is 10.1. The first kappa shape index (κ1) is 10.3. The van der Waals surface area contributed by atoms with Crippen molar-refractivity contribution in [2.45, 2.75) is 13.2 Å². The summed E-state index contributed by atoms with van der Waals surface area (Å²) in [5.41, 5.74) is 0.982. The summed E-state index contributed by atoms with van der Waals surface area (Å²) < 4.78 is 9.52. The van der Waals surface area contributed by atoms with Gasteiger partial charge in [-0.15, -0.1) is 10.2 Å². The molecule has 6 heteroatoms. The topological polar surface area (TPSA) is 57.8 Å². The molecule has 0 radical (unpaired) electrons. The van der Waals surface area contributed by atoms with Gasteiger partial charge >= 0.3 is 0 Å². The molecule has 0 aliphatic carbocycles. The lowest BCUT2D eigenvalue weighted by Gasteiger charge is -2.19. The fourth-order valence-electron chi connectivity index (χ4n) is 2.27. The summed E-state index contributed by atoms with van der Waals surface area (Å²) in [7, 11) is 0. The third kappa shape index (κ3) is 1.61. The van der Waals surface area contributed by atoms with Crippen LogP contribution in [0.4, 0.5) is 0 Å². The first-order chi connectivity index (χ1) is 9.42. The van der Waals surface area contributed by atoms with Crippen molar-refractivity contribution < 1.29 is 4.74 Å². The van der Waals surface area contributed by atoms with Crippen LogP contribution in [0.2, 0.25) is 0 Å². The second kappa shape index (κ2) is 3.94. The zero-order valence-electron chi connectivity index (χ0n) is 10.1. The quantitative estimate of drug-likeness (QED) is 0.692. The van der Waals surface area contributed by atoms with Crippen LogP contribution in [-0.2, 0) is 13.2 Å². The molecule has 0 saturated carbocycles. The van der Waals surface area contributed by atoms with E-state index < -0.39 is 0 Å². The summed E-state index contributed by atoms with van der Waals surface area (Å²) in [6.45, 7) is 1.04. The van der Waals surface area contributed by atoms with Crippen molar-refractivity contribution in [1.82, 2.24) is 24.5 Å². The third-order valence-electron chi connectivity index (χ3n) is 3.12. The molecule has 2 aromatic heterocycles. The van der Waals surface area contributed by atoms with E-state index in [1.165, 1.54) is 0 Å². The molecule has 0 spiro atoms. The molecule has 1 aliphatic heterocycles. The lowest BCUT2D eigenvalue weighted by Crippen LogP contribution is -2.16. The predicted octanol–water partition coefficient (Wildman–Crippen LogP) is 1.40. The Morgan fingerprint density at radius 1 is 1.16 bits per heavy atom. The van der Waals surface area contributed by atoms with E-state index in [0.29, 0.717) is 13.2 Å². The number of hydrogen-bond donors (Lipinski definition) is 0. The average molecular weight is 253 g/mol. The van der Waals surface area contributed by atoms with Crippen LogP contribution < -0.4 is 4.74 Å². The van der Waals surface area contributed by atoms with Gasteiger partial charge in [0.15, 0.2) is 11.6 Å². The van der Waals surface area contributed by atoms with Crippen LogP contribution in [0.15, 0.2) is 42.7 Å². The van der Waals surface area contributed by atoms with Crippen molar-refractivity contribution in [1.29, 1.82) is 0 Å². The molecule has 1 aliphatic rings. The van der Waals surface area contributed by atoms with Gasteiger partial charge in [0.2, 0.25) is 0 Å². The van der Waals surface area contributed by atoms with Gasteiger partial charge in [0.25, 0.3) is 0 Å².